The molecule has 0 spiro atoms. The number of nitrogens with zero attached hydrogens (tertiary/aromatic N) is 11. The first kappa shape index (κ1) is 86.9. The zero-order valence-electron chi connectivity index (χ0n) is 67.9. The van der Waals surface area contributed by atoms with E-state index in [0.717, 1.165) is 139 Å². The van der Waals surface area contributed by atoms with E-state index in [0.29, 0.717) is 58.7 Å². The van der Waals surface area contributed by atoms with E-state index in [1.807, 2.05) is 78.1 Å². The predicted molar refractivity (Wildman–Crippen MR) is 453 cm³/mol. The van der Waals surface area contributed by atoms with Crippen LogP contribution in [0.4, 0.5) is 72.7 Å². The minimum atomic E-state index is -4.61. The average molecular weight is 1670 g/mol. The second-order valence-corrected chi connectivity index (χ2v) is 30.7. The third-order valence-corrected chi connectivity index (χ3v) is 20.3. The Balaban J connectivity index is 0.000000159. The normalized spacial score (nSPS) is 13.4. The quantitative estimate of drug-likeness (QED) is 0.0587. The number of fused-ring (bicyclic) bond motifs is 2. The van der Waals surface area contributed by atoms with Crippen LogP contribution in [-0.2, 0) is 36.2 Å². The Bertz CT molecular complexity index is 6090. The number of aryl methyl sites for hydroxylation is 3. The van der Waals surface area contributed by atoms with Gasteiger partial charge in [0, 0.05) is 142 Å². The molecular weight excluding hydrogens is 1590 g/mol. The highest BCUT2D eigenvalue weighted by molar-refractivity contribution is 6.07. The summed E-state index contributed by atoms with van der Waals surface area (Å²) < 4.78 is 130. The number of benzene rings is 7. The standard InChI is InChI=1S/C33H30F3N5O3.C31H28F3N5O.C30H26F3N5O/c1-21-7-8-23(30(42)39-26-15-25(33(34,35)36)16-27(17-26)40-13-11-37-20-40)14-22(21)9-10-24-18-38-19-29-28(24)6-5-12-41(29)31(43)44-32(2,3)4;1-21-8-9-23(18-22(21)10-11-24-20-36-38-27-7-3-2-6-26(24)27)30(40)37-29-19-25(31(32,33)34)12-13-28(29)35-14-17-39-15-4-5-16-39;1-21-4-6-25(13-24(21)7-5-22-12-23(18-35-17-22)19-37-9-2-3-10-37)29(39)36-27-14-26(30(31,32)33)15-28(16-27)38-11-8-34-20-38/h7-8,11,13-20H,5-6,12H2,1-4H3,(H,39,42);2-3,6-9,12-13,18-20,35H,4-5,14-17H2,1H3,(H,37,40);4,6,8,11-18,20H,2-3,9-10,19H2,1H3,(H,36,39). The second-order valence-electron chi connectivity index (χ2n) is 30.7. The molecule has 2 saturated heterocycles. The number of anilines is 5. The van der Waals surface area contributed by atoms with Crippen LogP contribution in [0.25, 0.3) is 22.3 Å². The molecule has 4 amide bonds. The molecule has 0 saturated carbocycles. The molecular formula is C94H84F9N15O5. The van der Waals surface area contributed by atoms with Crippen molar-refractivity contribution in [3.63, 3.8) is 0 Å². The molecule has 0 unspecified atom stereocenters. The summed E-state index contributed by atoms with van der Waals surface area (Å²) in [5.41, 5.74) is 8.37. The van der Waals surface area contributed by atoms with Crippen LogP contribution in [0, 0.1) is 56.3 Å². The van der Waals surface area contributed by atoms with E-state index in [1.54, 1.807) is 84.3 Å². The van der Waals surface area contributed by atoms with Crippen LogP contribution >= 0.6 is 0 Å². The Morgan fingerprint density at radius 1 is 0.472 bits per heavy atom. The van der Waals surface area contributed by atoms with Gasteiger partial charge >= 0.3 is 24.6 Å². The first-order chi connectivity index (χ1) is 58.8. The number of carbonyl (C=O) groups is 4. The van der Waals surface area contributed by atoms with Crippen LogP contribution in [-0.4, -0.2) is 124 Å². The molecule has 628 valence electrons. The number of rotatable bonds is 14. The van der Waals surface area contributed by atoms with Crippen molar-refractivity contribution in [2.24, 2.45) is 0 Å². The highest BCUT2D eigenvalue weighted by Crippen LogP contribution is 2.38. The van der Waals surface area contributed by atoms with Gasteiger partial charge in [0.1, 0.15) is 5.60 Å². The number of hydrogen-bond acceptors (Lipinski definition) is 14. The van der Waals surface area contributed by atoms with E-state index >= 15 is 0 Å². The number of aromatic nitrogens is 8. The van der Waals surface area contributed by atoms with E-state index in [4.69, 9.17) is 4.74 Å². The van der Waals surface area contributed by atoms with Gasteiger partial charge in [-0.2, -0.15) is 49.7 Å². The number of nitrogens with one attached hydrogen (secondary N) is 4. The number of carbonyl (C=O) groups excluding carboxylic acids is 4. The zero-order valence-corrected chi connectivity index (χ0v) is 67.9. The van der Waals surface area contributed by atoms with E-state index in [-0.39, 0.29) is 45.1 Å². The molecule has 7 aromatic carbocycles. The number of imidazole rings is 2. The Hall–Kier alpha value is -14.0. The molecule has 4 N–H and O–H groups in total. The third-order valence-electron chi connectivity index (χ3n) is 20.3. The van der Waals surface area contributed by atoms with E-state index in [9.17, 15) is 58.7 Å². The van der Waals surface area contributed by atoms with Crippen molar-refractivity contribution in [1.29, 1.82) is 0 Å². The molecule has 3 aliphatic rings. The molecule has 2 fully saturated rings. The lowest BCUT2D eigenvalue weighted by atomic mass is 9.98. The molecule has 0 bridgehead atoms. The van der Waals surface area contributed by atoms with Gasteiger partial charge in [0.2, 0.25) is 0 Å². The summed E-state index contributed by atoms with van der Waals surface area (Å²) in [6, 6.07) is 34.6. The summed E-state index contributed by atoms with van der Waals surface area (Å²) in [5, 5.41) is 20.0. The van der Waals surface area contributed by atoms with E-state index < -0.39 is 64.6 Å². The van der Waals surface area contributed by atoms with Crippen molar-refractivity contribution in [3.05, 3.63) is 303 Å². The molecule has 123 heavy (non-hydrogen) atoms. The number of ether oxygens (including phenoxy) is 1. The number of alkyl halides is 9. The fraction of sp³-hybridized carbons (Fsp3) is 0.255. The lowest BCUT2D eigenvalue weighted by Gasteiger charge is -2.31. The number of pyridine rings is 2. The molecule has 15 rings (SSSR count). The highest BCUT2D eigenvalue weighted by atomic mass is 19.4. The minimum absolute atomic E-state index is 0.0155. The predicted octanol–water partition coefficient (Wildman–Crippen LogP) is 18.9. The summed E-state index contributed by atoms with van der Waals surface area (Å²) in [4.78, 5) is 75.0. The van der Waals surface area contributed by atoms with Crippen molar-refractivity contribution >= 4 is 63.2 Å². The topological polar surface area (TPSA) is 223 Å². The van der Waals surface area contributed by atoms with Gasteiger partial charge in [0.25, 0.3) is 17.7 Å². The van der Waals surface area contributed by atoms with Crippen molar-refractivity contribution in [1.82, 2.24) is 49.1 Å². The second kappa shape index (κ2) is 38.2. The summed E-state index contributed by atoms with van der Waals surface area (Å²) in [7, 11) is 0. The lowest BCUT2D eigenvalue weighted by Crippen LogP contribution is -2.40. The van der Waals surface area contributed by atoms with Crippen LogP contribution in [0.2, 0.25) is 0 Å². The summed E-state index contributed by atoms with van der Waals surface area (Å²) >= 11 is 0. The van der Waals surface area contributed by atoms with Crippen LogP contribution in [0.1, 0.15) is 162 Å². The van der Waals surface area contributed by atoms with Gasteiger partial charge in [-0.05, 0) is 237 Å². The lowest BCUT2D eigenvalue weighted by molar-refractivity contribution is -0.138. The maximum Gasteiger partial charge on any atom is 0.416 e. The molecule has 0 radical (unpaired) electrons. The van der Waals surface area contributed by atoms with Crippen LogP contribution in [0.3, 0.4) is 0 Å². The summed E-state index contributed by atoms with van der Waals surface area (Å²) in [6.45, 7) is 17.9. The SMILES string of the molecule is Cc1ccc(C(=O)Nc2cc(-n3ccnc3)cc(C(F)(F)F)c2)cc1C#Cc1cncc(CN2CCCC2)c1.Cc1ccc(C(=O)Nc2cc(-n3ccnc3)cc(C(F)(F)F)c2)cc1C#Cc1cncc2c1CCCN2C(=O)OC(C)(C)C.Cc1ccc(C(=O)Nc2cc(C(F)(F)F)ccc2NCCN2CCCC2)cc1C#Cc1cnnc2ccccc12. The molecule has 5 aromatic heterocycles. The first-order valence-corrected chi connectivity index (χ1v) is 39.6. The number of amides is 4. The molecule has 0 aliphatic carbocycles. The molecule has 29 heteroatoms. The van der Waals surface area contributed by atoms with Crippen molar-refractivity contribution in [2.75, 3.05) is 72.0 Å². The van der Waals surface area contributed by atoms with Crippen LogP contribution in [0.5, 0.6) is 0 Å². The fourth-order valence-corrected chi connectivity index (χ4v) is 13.9. The van der Waals surface area contributed by atoms with E-state index in [2.05, 4.69) is 96.7 Å². The summed E-state index contributed by atoms with van der Waals surface area (Å²) in [5.74, 6) is 17.1. The molecule has 12 aromatic rings. The van der Waals surface area contributed by atoms with Gasteiger partial charge in [-0.25, -0.2) is 14.8 Å². The van der Waals surface area contributed by atoms with Crippen molar-refractivity contribution in [2.45, 2.75) is 111 Å². The third kappa shape index (κ3) is 23.2. The van der Waals surface area contributed by atoms with Gasteiger partial charge in [-0.15, -0.1) is 0 Å². The maximum atomic E-state index is 13.6. The maximum absolute atomic E-state index is 13.6. The zero-order chi connectivity index (χ0) is 87.2. The first-order valence-electron chi connectivity index (χ1n) is 39.6. The number of hydrogen-bond donors (Lipinski definition) is 4. The fourth-order valence-electron chi connectivity index (χ4n) is 13.9. The molecule has 20 nitrogen and oxygen atoms in total. The monoisotopic (exact) mass is 1670 g/mol. The molecule has 8 heterocycles. The highest BCUT2D eigenvalue weighted by Gasteiger charge is 2.35. The average Bonchev–Trinajstić information content (AvgIpc) is 1.42. The van der Waals surface area contributed by atoms with Gasteiger partial charge in [-0.3, -0.25) is 34.2 Å². The number of likely N-dealkylation sites (tertiary alicyclic amines) is 2. The van der Waals surface area contributed by atoms with Gasteiger partial charge < -0.3 is 40.0 Å². The van der Waals surface area contributed by atoms with Crippen LogP contribution in [0.15, 0.2) is 208 Å². The smallest absolute Gasteiger partial charge is 0.416 e. The van der Waals surface area contributed by atoms with Gasteiger partial charge in [-0.1, -0.05) is 71.9 Å². The van der Waals surface area contributed by atoms with Gasteiger partial charge in [0.05, 0.1) is 69.9 Å². The largest absolute Gasteiger partial charge is 0.443 e. The Morgan fingerprint density at radius 3 is 1.54 bits per heavy atom. The van der Waals surface area contributed by atoms with E-state index in [1.165, 1.54) is 77.6 Å². The van der Waals surface area contributed by atoms with Crippen molar-refractivity contribution in [3.8, 4) is 46.9 Å². The Morgan fingerprint density at radius 2 is 0.992 bits per heavy atom. The van der Waals surface area contributed by atoms with Crippen molar-refractivity contribution < 1.29 is 63.4 Å². The Kier molecular flexibility index (Phi) is 27.0. The molecule has 3 aliphatic heterocycles. The minimum Gasteiger partial charge on any atom is -0.443 e. The summed E-state index contributed by atoms with van der Waals surface area (Å²) in [6.07, 6.45) is 9.16. The van der Waals surface area contributed by atoms with Gasteiger partial charge in [0.15, 0.2) is 0 Å². The number of halogens is 9. The van der Waals surface area contributed by atoms with Crippen LogP contribution < -0.4 is 26.2 Å². The molecule has 0 atom stereocenters. The Labute approximate surface area is 704 Å².